The van der Waals surface area contributed by atoms with Crippen LogP contribution in [0, 0.1) is 0 Å². The summed E-state index contributed by atoms with van der Waals surface area (Å²) in [6.07, 6.45) is 1.06. The number of ether oxygens (including phenoxy) is 5. The Morgan fingerprint density at radius 1 is 0.828 bits per heavy atom. The fourth-order valence-corrected chi connectivity index (χ4v) is 6.81. The van der Waals surface area contributed by atoms with Crippen molar-refractivity contribution in [3.63, 3.8) is 0 Å². The number of nitrogens with two attached hydrogens (primary N) is 2. The fourth-order valence-electron chi connectivity index (χ4n) is 6.81. The van der Waals surface area contributed by atoms with Crippen molar-refractivity contribution in [3.05, 3.63) is 89.6 Å². The number of nitrogens with zero attached hydrogens (tertiary/aromatic N) is 4. The van der Waals surface area contributed by atoms with E-state index in [-0.39, 0.29) is 34.6 Å². The second kappa shape index (κ2) is 17.5. The summed E-state index contributed by atoms with van der Waals surface area (Å²) in [5.74, 6) is 1.88. The van der Waals surface area contributed by atoms with Gasteiger partial charge in [0.2, 0.25) is 5.75 Å². The summed E-state index contributed by atoms with van der Waals surface area (Å²) in [6.45, 7) is 6.36. The Balaban J connectivity index is 1.10. The molecule has 304 valence electrons. The molecule has 0 radical (unpaired) electrons. The van der Waals surface area contributed by atoms with E-state index in [4.69, 9.17) is 39.4 Å². The van der Waals surface area contributed by atoms with E-state index in [1.807, 2.05) is 32.0 Å². The number of anilines is 1. The Hall–Kier alpha value is -6.94. The summed E-state index contributed by atoms with van der Waals surface area (Å²) in [5.41, 5.74) is 9.77. The SMILES string of the molecule is COc1ccc(-c2cnoc2-c2cc(OC)c(OC)c(OC)c2)cc1OC(=O)N1CCN(Cc2ccc(N(C(=[NH2+])c3cc(C(C)C)c(O)cc3O)C(N)=O)cc2)CC1. The minimum absolute atomic E-state index is 0.0644. The molecular formula is C42H47N6O10+. The summed E-state index contributed by atoms with van der Waals surface area (Å²) in [7, 11) is 6.09. The molecule has 0 spiro atoms. The van der Waals surface area contributed by atoms with Crippen molar-refractivity contribution in [1.29, 1.82) is 0 Å². The fraction of sp³-hybridized carbons (Fsp3) is 0.286. The molecule has 1 saturated heterocycles. The van der Waals surface area contributed by atoms with Crippen LogP contribution in [-0.2, 0) is 6.54 Å². The van der Waals surface area contributed by atoms with E-state index in [0.717, 1.165) is 10.5 Å². The van der Waals surface area contributed by atoms with E-state index < -0.39 is 12.1 Å². The number of aromatic nitrogens is 1. The minimum Gasteiger partial charge on any atom is -0.508 e. The highest BCUT2D eigenvalue weighted by Crippen LogP contribution is 2.44. The van der Waals surface area contributed by atoms with Gasteiger partial charge in [-0.15, -0.1) is 4.90 Å². The van der Waals surface area contributed by atoms with E-state index in [2.05, 4.69) is 10.1 Å². The molecule has 1 aromatic heterocycles. The Morgan fingerprint density at radius 2 is 1.47 bits per heavy atom. The lowest BCUT2D eigenvalue weighted by atomic mass is 9.98. The lowest BCUT2D eigenvalue weighted by molar-refractivity contribution is -0.114. The average molecular weight is 796 g/mol. The molecule has 2 heterocycles. The van der Waals surface area contributed by atoms with Crippen LogP contribution in [-0.4, -0.2) is 97.7 Å². The zero-order chi connectivity index (χ0) is 41.7. The molecule has 1 fully saturated rings. The van der Waals surface area contributed by atoms with Gasteiger partial charge in [-0.25, -0.2) is 9.59 Å². The second-order valence-corrected chi connectivity index (χ2v) is 13.8. The number of rotatable bonds is 12. The van der Waals surface area contributed by atoms with E-state index in [9.17, 15) is 19.8 Å². The number of amidine groups is 1. The molecule has 5 aromatic rings. The number of methoxy groups -OCH3 is 4. The molecule has 6 rings (SSSR count). The Labute approximate surface area is 335 Å². The first kappa shape index (κ1) is 40.7. The number of benzene rings is 4. The van der Waals surface area contributed by atoms with Gasteiger partial charge in [0, 0.05) is 49.9 Å². The highest BCUT2D eigenvalue weighted by atomic mass is 16.6. The van der Waals surface area contributed by atoms with Gasteiger partial charge in [0.05, 0.1) is 34.6 Å². The predicted octanol–water partition coefficient (Wildman–Crippen LogP) is 4.99. The van der Waals surface area contributed by atoms with Crippen molar-refractivity contribution in [2.75, 3.05) is 59.5 Å². The third-order valence-corrected chi connectivity index (χ3v) is 9.90. The first-order valence-corrected chi connectivity index (χ1v) is 18.4. The first-order chi connectivity index (χ1) is 27.9. The number of carbonyl (C=O) groups is 2. The number of hydrogen-bond acceptors (Lipinski definition) is 12. The van der Waals surface area contributed by atoms with Crippen molar-refractivity contribution in [3.8, 4) is 62.7 Å². The molecule has 0 bridgehead atoms. The Bertz CT molecular complexity index is 2280. The minimum atomic E-state index is -0.838. The quantitative estimate of drug-likeness (QED) is 0.0974. The van der Waals surface area contributed by atoms with Crippen LogP contribution in [0.4, 0.5) is 15.3 Å². The summed E-state index contributed by atoms with van der Waals surface area (Å²) >= 11 is 0. The van der Waals surface area contributed by atoms with Crippen molar-refractivity contribution in [1.82, 2.24) is 15.0 Å². The third kappa shape index (κ3) is 8.41. The normalized spacial score (nSPS) is 12.9. The monoisotopic (exact) mass is 795 g/mol. The maximum absolute atomic E-state index is 13.5. The van der Waals surface area contributed by atoms with E-state index in [1.165, 1.54) is 34.5 Å². The Kier molecular flexibility index (Phi) is 12.3. The van der Waals surface area contributed by atoms with E-state index in [1.54, 1.807) is 53.6 Å². The van der Waals surface area contributed by atoms with Gasteiger partial charge in [-0.05, 0) is 65.1 Å². The molecule has 0 unspecified atom stereocenters. The lowest BCUT2D eigenvalue weighted by Gasteiger charge is -2.34. The molecule has 1 aliphatic heterocycles. The van der Waals surface area contributed by atoms with Gasteiger partial charge in [-0.1, -0.05) is 37.2 Å². The molecule has 3 amide bonds. The third-order valence-electron chi connectivity index (χ3n) is 9.90. The highest BCUT2D eigenvalue weighted by Gasteiger charge is 2.31. The number of aromatic hydroxyl groups is 2. The smallest absolute Gasteiger partial charge is 0.415 e. The number of phenolic OH excluding ortho intramolecular Hbond substituents is 2. The second-order valence-electron chi connectivity index (χ2n) is 13.8. The number of amides is 3. The standard InChI is InChI=1S/C42H46N6O10/c1-24(2)29-20-30(33(50)21-32(29)49)40(43)48(41(44)51)28-10-7-25(8-11-28)23-46-13-15-47(16-14-46)42(52)57-35-17-26(9-12-34(35)53-3)31-22-45-58-38(31)27-18-36(54-4)39(56-6)37(19-27)55-5/h7-12,17-22,24,43,49-50H,13-16,23H2,1-6H3,(H2,44,51)/p+1. The van der Waals surface area contributed by atoms with Crippen molar-refractivity contribution < 1.29 is 53.4 Å². The van der Waals surface area contributed by atoms with Crippen LogP contribution in [0.25, 0.3) is 22.5 Å². The molecule has 16 heteroatoms. The number of phenols is 2. The molecule has 0 saturated carbocycles. The highest BCUT2D eigenvalue weighted by molar-refractivity contribution is 6.21. The van der Waals surface area contributed by atoms with Gasteiger partial charge < -0.3 is 49.1 Å². The van der Waals surface area contributed by atoms with E-state index in [0.29, 0.717) is 89.4 Å². The van der Waals surface area contributed by atoms with Crippen molar-refractivity contribution >= 4 is 23.6 Å². The number of carbonyl (C=O) groups excluding carboxylic acids is 2. The summed E-state index contributed by atoms with van der Waals surface area (Å²) in [4.78, 5) is 31.0. The van der Waals surface area contributed by atoms with Crippen LogP contribution in [0.3, 0.4) is 0 Å². The van der Waals surface area contributed by atoms with Gasteiger partial charge in [0.15, 0.2) is 28.8 Å². The number of hydrogen-bond donors (Lipinski definition) is 4. The summed E-state index contributed by atoms with van der Waals surface area (Å²) in [5, 5.41) is 31.3. The number of urea groups is 1. The molecule has 0 atom stereocenters. The zero-order valence-electron chi connectivity index (χ0n) is 33.1. The maximum Gasteiger partial charge on any atom is 0.415 e. The molecular weight excluding hydrogens is 748 g/mol. The Morgan fingerprint density at radius 3 is 2.05 bits per heavy atom. The van der Waals surface area contributed by atoms with E-state index >= 15 is 0 Å². The maximum atomic E-state index is 13.5. The molecule has 58 heavy (non-hydrogen) atoms. The molecule has 6 N–H and O–H groups in total. The average Bonchev–Trinajstić information content (AvgIpc) is 3.71. The molecule has 4 aromatic carbocycles. The van der Waals surface area contributed by atoms with Gasteiger partial charge in [0.25, 0.3) is 5.84 Å². The summed E-state index contributed by atoms with van der Waals surface area (Å²) in [6, 6.07) is 17.8. The molecule has 16 nitrogen and oxygen atoms in total. The largest absolute Gasteiger partial charge is 0.508 e. The molecule has 0 aliphatic carbocycles. The van der Waals surface area contributed by atoms with Crippen LogP contribution < -0.4 is 39.7 Å². The van der Waals surface area contributed by atoms with Crippen molar-refractivity contribution in [2.45, 2.75) is 26.3 Å². The van der Waals surface area contributed by atoms with Gasteiger partial charge in [-0.2, -0.15) is 0 Å². The number of piperazine rings is 1. The van der Waals surface area contributed by atoms with Crippen LogP contribution in [0.1, 0.15) is 36.5 Å². The zero-order valence-corrected chi connectivity index (χ0v) is 33.1. The van der Waals surface area contributed by atoms with Gasteiger partial charge >= 0.3 is 12.1 Å². The van der Waals surface area contributed by atoms with Crippen LogP contribution in [0.2, 0.25) is 0 Å². The number of primary amides is 1. The summed E-state index contributed by atoms with van der Waals surface area (Å²) < 4.78 is 33.6. The van der Waals surface area contributed by atoms with Crippen LogP contribution in [0.15, 0.2) is 77.4 Å². The topological polar surface area (TPSA) is 208 Å². The van der Waals surface area contributed by atoms with Crippen LogP contribution in [0.5, 0.6) is 40.2 Å². The van der Waals surface area contributed by atoms with Crippen LogP contribution >= 0.6 is 0 Å². The first-order valence-electron chi connectivity index (χ1n) is 18.4. The predicted molar refractivity (Wildman–Crippen MR) is 215 cm³/mol. The lowest BCUT2D eigenvalue weighted by Crippen LogP contribution is -2.55. The molecule has 1 aliphatic rings. The van der Waals surface area contributed by atoms with Gasteiger partial charge in [-0.3, -0.25) is 10.3 Å². The van der Waals surface area contributed by atoms with Crippen molar-refractivity contribution in [2.24, 2.45) is 5.73 Å². The van der Waals surface area contributed by atoms with Gasteiger partial charge in [0.1, 0.15) is 22.7 Å².